The van der Waals surface area contributed by atoms with Gasteiger partial charge in [-0.3, -0.25) is 4.79 Å². The van der Waals surface area contributed by atoms with Crippen LogP contribution >= 0.6 is 0 Å². The number of carbonyl (C=O) groups is 1. The summed E-state index contributed by atoms with van der Waals surface area (Å²) in [6, 6.07) is 16.9. The maximum absolute atomic E-state index is 12.6. The van der Waals surface area contributed by atoms with Crippen LogP contribution in [0.2, 0.25) is 0 Å². The zero-order chi connectivity index (χ0) is 17.6. The largest absolute Gasteiger partial charge is 0.497 e. The van der Waals surface area contributed by atoms with Crippen molar-refractivity contribution in [3.05, 3.63) is 54.6 Å². The molecule has 0 aliphatic heterocycles. The van der Waals surface area contributed by atoms with Crippen LogP contribution in [-0.2, 0) is 11.3 Å². The van der Waals surface area contributed by atoms with E-state index in [0.29, 0.717) is 12.4 Å². The minimum absolute atomic E-state index is 0.0275. The van der Waals surface area contributed by atoms with Crippen molar-refractivity contribution >= 4 is 11.6 Å². The molecule has 0 saturated carbocycles. The molecule has 0 aliphatic rings. The van der Waals surface area contributed by atoms with Gasteiger partial charge in [-0.25, -0.2) is 0 Å². The van der Waals surface area contributed by atoms with Gasteiger partial charge in [-0.15, -0.1) is 10.2 Å². The number of likely N-dealkylation sites (N-methyl/N-ethyl adjacent to an activating group) is 1. The van der Waals surface area contributed by atoms with Gasteiger partial charge in [-0.2, -0.15) is 4.80 Å². The number of rotatable bonds is 6. The second-order valence-corrected chi connectivity index (χ2v) is 5.35. The summed E-state index contributed by atoms with van der Waals surface area (Å²) in [7, 11) is 1.61. The smallest absolute Gasteiger partial charge is 0.250 e. The fraction of sp³-hybridized carbons (Fsp3) is 0.222. The highest BCUT2D eigenvalue weighted by Gasteiger charge is 2.16. The van der Waals surface area contributed by atoms with Crippen LogP contribution in [0.15, 0.2) is 54.6 Å². The molecule has 25 heavy (non-hydrogen) atoms. The maximum Gasteiger partial charge on any atom is 0.250 e. The van der Waals surface area contributed by atoms with Gasteiger partial charge in [0, 0.05) is 17.8 Å². The summed E-state index contributed by atoms with van der Waals surface area (Å²) in [6.45, 7) is 2.50. The highest BCUT2D eigenvalue weighted by Crippen LogP contribution is 2.19. The SMILES string of the molecule is CCN(C(=O)Cn1nnc(-c2ccccc2)n1)c1ccc(OC)cc1. The first-order valence-electron chi connectivity index (χ1n) is 7.99. The van der Waals surface area contributed by atoms with Crippen LogP contribution in [0.25, 0.3) is 11.4 Å². The Balaban J connectivity index is 1.73. The van der Waals surface area contributed by atoms with Crippen molar-refractivity contribution in [1.29, 1.82) is 0 Å². The predicted octanol–water partition coefficient (Wildman–Crippen LogP) is 2.40. The Hall–Kier alpha value is -3.22. The molecule has 0 aliphatic carbocycles. The van der Waals surface area contributed by atoms with E-state index in [0.717, 1.165) is 17.0 Å². The fourth-order valence-corrected chi connectivity index (χ4v) is 2.48. The van der Waals surface area contributed by atoms with Gasteiger partial charge in [0.25, 0.3) is 5.91 Å². The van der Waals surface area contributed by atoms with Crippen LogP contribution in [0.4, 0.5) is 5.69 Å². The molecule has 0 bridgehead atoms. The van der Waals surface area contributed by atoms with E-state index in [2.05, 4.69) is 15.4 Å². The van der Waals surface area contributed by atoms with E-state index in [9.17, 15) is 4.79 Å². The molecule has 1 heterocycles. The van der Waals surface area contributed by atoms with Crippen molar-refractivity contribution in [3.8, 4) is 17.1 Å². The van der Waals surface area contributed by atoms with Crippen molar-refractivity contribution in [2.45, 2.75) is 13.5 Å². The summed E-state index contributed by atoms with van der Waals surface area (Å²) in [5.74, 6) is 1.14. The first kappa shape index (κ1) is 16.6. The molecule has 0 unspecified atom stereocenters. The van der Waals surface area contributed by atoms with Crippen molar-refractivity contribution in [3.63, 3.8) is 0 Å². The summed E-state index contributed by atoms with van der Waals surface area (Å²) in [4.78, 5) is 15.6. The molecule has 1 amide bonds. The monoisotopic (exact) mass is 337 g/mol. The van der Waals surface area contributed by atoms with Gasteiger partial charge in [0.15, 0.2) is 0 Å². The third kappa shape index (κ3) is 3.82. The molecular formula is C18H19N5O2. The Morgan fingerprint density at radius 2 is 1.84 bits per heavy atom. The lowest BCUT2D eigenvalue weighted by atomic mass is 10.2. The van der Waals surface area contributed by atoms with E-state index in [1.807, 2.05) is 61.5 Å². The maximum atomic E-state index is 12.6. The highest BCUT2D eigenvalue weighted by atomic mass is 16.5. The van der Waals surface area contributed by atoms with Crippen LogP contribution in [0.5, 0.6) is 5.75 Å². The Labute approximate surface area is 145 Å². The molecule has 2 aromatic carbocycles. The average Bonchev–Trinajstić information content (AvgIpc) is 3.12. The zero-order valence-corrected chi connectivity index (χ0v) is 14.2. The molecule has 0 radical (unpaired) electrons. The summed E-state index contributed by atoms with van der Waals surface area (Å²) in [5, 5.41) is 12.3. The lowest BCUT2D eigenvalue weighted by Gasteiger charge is -2.20. The Bertz CT molecular complexity index is 830. The number of tetrazole rings is 1. The van der Waals surface area contributed by atoms with E-state index < -0.39 is 0 Å². The molecule has 0 saturated heterocycles. The number of hydrogen-bond donors (Lipinski definition) is 0. The van der Waals surface area contributed by atoms with E-state index in [1.54, 1.807) is 12.0 Å². The number of hydrogen-bond acceptors (Lipinski definition) is 5. The summed E-state index contributed by atoms with van der Waals surface area (Å²) >= 11 is 0. The molecule has 0 N–H and O–H groups in total. The molecule has 3 rings (SSSR count). The number of benzene rings is 2. The van der Waals surface area contributed by atoms with Gasteiger partial charge < -0.3 is 9.64 Å². The number of ether oxygens (including phenoxy) is 1. The molecule has 0 atom stereocenters. The van der Waals surface area contributed by atoms with Crippen LogP contribution in [0.3, 0.4) is 0 Å². The first-order chi connectivity index (χ1) is 12.2. The Morgan fingerprint density at radius 1 is 1.12 bits per heavy atom. The van der Waals surface area contributed by atoms with Gasteiger partial charge in [0.05, 0.1) is 7.11 Å². The standard InChI is InChI=1S/C18H19N5O2/c1-3-22(15-9-11-16(25-2)12-10-15)17(24)13-23-20-18(19-21-23)14-7-5-4-6-8-14/h4-12H,3,13H2,1-2H3. The second-order valence-electron chi connectivity index (χ2n) is 5.35. The molecule has 1 aromatic heterocycles. The lowest BCUT2D eigenvalue weighted by Crippen LogP contribution is -2.34. The quantitative estimate of drug-likeness (QED) is 0.690. The minimum Gasteiger partial charge on any atom is -0.497 e. The van der Waals surface area contributed by atoms with Gasteiger partial charge in [0.1, 0.15) is 12.3 Å². The van der Waals surface area contributed by atoms with Crippen LogP contribution in [0, 0.1) is 0 Å². The zero-order valence-electron chi connectivity index (χ0n) is 14.2. The van der Waals surface area contributed by atoms with Gasteiger partial charge in [-0.05, 0) is 36.4 Å². The summed E-state index contributed by atoms with van der Waals surface area (Å²) in [5.41, 5.74) is 1.67. The van der Waals surface area contributed by atoms with Crippen molar-refractivity contribution in [2.75, 3.05) is 18.6 Å². The Morgan fingerprint density at radius 3 is 2.48 bits per heavy atom. The molecule has 7 nitrogen and oxygen atoms in total. The van der Waals surface area contributed by atoms with E-state index in [1.165, 1.54) is 4.80 Å². The fourth-order valence-electron chi connectivity index (χ4n) is 2.48. The number of nitrogens with zero attached hydrogens (tertiary/aromatic N) is 5. The van der Waals surface area contributed by atoms with Crippen molar-refractivity contribution in [1.82, 2.24) is 20.2 Å². The Kier molecular flexibility index (Phi) is 5.03. The molecule has 128 valence electrons. The first-order valence-corrected chi connectivity index (χ1v) is 7.99. The van der Waals surface area contributed by atoms with E-state index >= 15 is 0 Å². The second kappa shape index (κ2) is 7.57. The highest BCUT2D eigenvalue weighted by molar-refractivity contribution is 5.93. The molecule has 3 aromatic rings. The van der Waals surface area contributed by atoms with Crippen molar-refractivity contribution < 1.29 is 9.53 Å². The number of carbonyl (C=O) groups excluding carboxylic acids is 1. The number of anilines is 1. The predicted molar refractivity (Wildman–Crippen MR) is 94.3 cm³/mol. The normalized spacial score (nSPS) is 10.5. The molecule has 0 fully saturated rings. The van der Waals surface area contributed by atoms with E-state index in [4.69, 9.17) is 4.74 Å². The number of amides is 1. The lowest BCUT2D eigenvalue weighted by molar-refractivity contribution is -0.119. The van der Waals surface area contributed by atoms with Gasteiger partial charge >= 0.3 is 0 Å². The van der Waals surface area contributed by atoms with Crippen LogP contribution < -0.4 is 9.64 Å². The van der Waals surface area contributed by atoms with Gasteiger partial charge in [-0.1, -0.05) is 30.3 Å². The summed E-state index contributed by atoms with van der Waals surface area (Å²) in [6.07, 6.45) is 0. The minimum atomic E-state index is -0.107. The molecular weight excluding hydrogens is 318 g/mol. The molecule has 0 spiro atoms. The number of methoxy groups -OCH3 is 1. The third-order valence-electron chi connectivity index (χ3n) is 3.76. The van der Waals surface area contributed by atoms with Gasteiger partial charge in [0.2, 0.25) is 5.82 Å². The topological polar surface area (TPSA) is 73.1 Å². The van der Waals surface area contributed by atoms with Crippen LogP contribution in [0.1, 0.15) is 6.92 Å². The van der Waals surface area contributed by atoms with Crippen molar-refractivity contribution in [2.24, 2.45) is 0 Å². The van der Waals surface area contributed by atoms with Crippen LogP contribution in [-0.4, -0.2) is 39.8 Å². The average molecular weight is 337 g/mol. The van der Waals surface area contributed by atoms with E-state index in [-0.39, 0.29) is 12.5 Å². The number of aromatic nitrogens is 4. The molecule has 7 heteroatoms. The summed E-state index contributed by atoms with van der Waals surface area (Å²) < 4.78 is 5.15. The third-order valence-corrected chi connectivity index (χ3v) is 3.76.